The van der Waals surface area contributed by atoms with E-state index in [1.165, 1.54) is 12.1 Å². The molecule has 3 aromatic heterocycles. The zero-order valence-corrected chi connectivity index (χ0v) is 25.3. The summed E-state index contributed by atoms with van der Waals surface area (Å²) >= 11 is 0. The molecule has 2 aliphatic heterocycles. The number of ether oxygens (including phenoxy) is 1. The highest BCUT2D eigenvalue weighted by atomic mass is 19.1. The van der Waals surface area contributed by atoms with Crippen LogP contribution in [0.5, 0.6) is 0 Å². The predicted molar refractivity (Wildman–Crippen MR) is 165 cm³/mol. The van der Waals surface area contributed by atoms with Crippen LogP contribution in [0.1, 0.15) is 61.7 Å². The second kappa shape index (κ2) is 11.6. The van der Waals surface area contributed by atoms with Gasteiger partial charge in [-0.3, -0.25) is 4.90 Å². The first-order valence-electron chi connectivity index (χ1n) is 15.4. The molecule has 10 nitrogen and oxygen atoms in total. The maximum Gasteiger partial charge on any atom is 0.258 e. The van der Waals surface area contributed by atoms with E-state index in [-0.39, 0.29) is 30.0 Å². The van der Waals surface area contributed by atoms with Crippen molar-refractivity contribution in [1.82, 2.24) is 34.0 Å². The van der Waals surface area contributed by atoms with Gasteiger partial charge in [0.1, 0.15) is 23.5 Å². The van der Waals surface area contributed by atoms with E-state index >= 15 is 0 Å². The topological polar surface area (TPSA) is 100 Å². The number of nitriles is 1. The van der Waals surface area contributed by atoms with Crippen LogP contribution in [0.15, 0.2) is 54.9 Å². The van der Waals surface area contributed by atoms with Crippen LogP contribution < -0.4 is 4.90 Å². The molecular formula is C33H36FN9O. The smallest absolute Gasteiger partial charge is 0.258 e. The van der Waals surface area contributed by atoms with Gasteiger partial charge in [0.05, 0.1) is 30.3 Å². The lowest BCUT2D eigenvalue weighted by molar-refractivity contribution is 0.0972. The monoisotopic (exact) mass is 593 g/mol. The molecule has 0 bridgehead atoms. The highest BCUT2D eigenvalue weighted by Crippen LogP contribution is 2.37. The number of benzene rings is 2. The number of fused-ring (bicyclic) bond motifs is 3. The number of hydrogen-bond donors (Lipinski definition) is 0. The molecule has 5 aromatic rings. The fraction of sp³-hybridized carbons (Fsp3) is 0.424. The Labute approximate surface area is 255 Å². The van der Waals surface area contributed by atoms with Crippen molar-refractivity contribution in [3.8, 4) is 6.07 Å². The zero-order valence-electron chi connectivity index (χ0n) is 25.3. The van der Waals surface area contributed by atoms with Crippen molar-refractivity contribution in [2.24, 2.45) is 0 Å². The van der Waals surface area contributed by atoms with Crippen molar-refractivity contribution in [2.45, 2.75) is 70.8 Å². The molecule has 2 unspecified atom stereocenters. The highest BCUT2D eigenvalue weighted by molar-refractivity contribution is 5.87. The Morgan fingerprint density at radius 3 is 2.50 bits per heavy atom. The molecule has 0 N–H and O–H groups in total. The average molecular weight is 594 g/mol. The minimum absolute atomic E-state index is 0.0869. The molecule has 2 saturated heterocycles. The third-order valence-corrected chi connectivity index (χ3v) is 9.22. The summed E-state index contributed by atoms with van der Waals surface area (Å²) in [5.41, 5.74) is 4.48. The Kier molecular flexibility index (Phi) is 7.48. The van der Waals surface area contributed by atoms with E-state index in [1.54, 1.807) is 6.33 Å². The van der Waals surface area contributed by atoms with E-state index < -0.39 is 0 Å². The van der Waals surface area contributed by atoms with Gasteiger partial charge >= 0.3 is 0 Å². The Morgan fingerprint density at radius 1 is 1.07 bits per heavy atom. The first-order chi connectivity index (χ1) is 21.4. The van der Waals surface area contributed by atoms with Crippen LogP contribution in [0.3, 0.4) is 0 Å². The highest BCUT2D eigenvalue weighted by Gasteiger charge is 2.38. The van der Waals surface area contributed by atoms with Gasteiger partial charge < -0.3 is 14.2 Å². The fourth-order valence-electron chi connectivity index (χ4n) is 6.96. The minimum Gasteiger partial charge on any atom is -0.376 e. The van der Waals surface area contributed by atoms with Gasteiger partial charge in [-0.25, -0.2) is 13.8 Å². The molecule has 2 fully saturated rings. The molecular weight excluding hydrogens is 557 g/mol. The molecule has 7 rings (SSSR count). The Balaban J connectivity index is 1.28. The zero-order chi connectivity index (χ0) is 30.4. The summed E-state index contributed by atoms with van der Waals surface area (Å²) in [6.07, 6.45) is 4.88. The normalized spacial score (nSPS) is 21.7. The molecule has 0 aliphatic carbocycles. The van der Waals surface area contributed by atoms with Crippen LogP contribution in [0.2, 0.25) is 0 Å². The van der Waals surface area contributed by atoms with Crippen molar-refractivity contribution < 1.29 is 9.13 Å². The van der Waals surface area contributed by atoms with Gasteiger partial charge in [0.15, 0.2) is 11.5 Å². The number of hydrogen-bond acceptors (Lipinski definition) is 8. The summed E-state index contributed by atoms with van der Waals surface area (Å²) in [4.78, 5) is 15.0. The lowest BCUT2D eigenvalue weighted by Crippen LogP contribution is -2.58. The Bertz CT molecular complexity index is 1820. The van der Waals surface area contributed by atoms with Gasteiger partial charge in [0.25, 0.3) is 5.78 Å². The largest absolute Gasteiger partial charge is 0.376 e. The number of rotatable bonds is 7. The third-order valence-electron chi connectivity index (χ3n) is 9.22. The number of nitrogens with zero attached hydrogens (tertiary/aromatic N) is 9. The molecule has 226 valence electrons. The van der Waals surface area contributed by atoms with Crippen molar-refractivity contribution >= 4 is 22.8 Å². The number of imidazole rings is 1. The van der Waals surface area contributed by atoms with Crippen LogP contribution in [-0.4, -0.2) is 71.9 Å². The number of anilines is 1. The third kappa shape index (κ3) is 4.98. The molecule has 4 atom stereocenters. The number of aromatic nitrogens is 6. The van der Waals surface area contributed by atoms with Crippen molar-refractivity contribution in [3.05, 3.63) is 83.2 Å². The SMILES string of the molecule is CC[C@@H]1CN(c2nc3nncn3c3c2nc(C)n3CC2CCCO2)[C@@H](C)CN1C(c1ccc(F)cc1)c1ccc(C#N)cc1. The average Bonchev–Trinajstić information content (AvgIpc) is 3.80. The molecule has 44 heavy (non-hydrogen) atoms. The van der Waals surface area contributed by atoms with Gasteiger partial charge in [-0.1, -0.05) is 31.2 Å². The number of halogens is 1. The van der Waals surface area contributed by atoms with Crippen LogP contribution in [-0.2, 0) is 11.3 Å². The van der Waals surface area contributed by atoms with Crippen molar-refractivity contribution in [2.75, 3.05) is 24.6 Å². The van der Waals surface area contributed by atoms with Crippen LogP contribution in [0.25, 0.3) is 16.9 Å². The molecule has 0 radical (unpaired) electrons. The molecule has 2 aromatic carbocycles. The van der Waals surface area contributed by atoms with Crippen LogP contribution >= 0.6 is 0 Å². The molecule has 0 amide bonds. The van der Waals surface area contributed by atoms with E-state index in [2.05, 4.69) is 44.5 Å². The summed E-state index contributed by atoms with van der Waals surface area (Å²) in [5.74, 6) is 2.02. The van der Waals surface area contributed by atoms with Gasteiger partial charge in [0, 0.05) is 31.8 Å². The summed E-state index contributed by atoms with van der Waals surface area (Å²) in [5, 5.41) is 17.9. The molecule has 5 heterocycles. The van der Waals surface area contributed by atoms with E-state index in [1.807, 2.05) is 47.7 Å². The Hall–Kier alpha value is -4.40. The standard InChI is InChI=1S/C33H36FN9O/c1-4-27-18-40(21(2)17-42(27)30(25-11-13-26(34)14-12-25)24-9-7-23(16-35)8-10-24)31-29-32(43-20-36-39-33(43)38-31)41(22(3)37-29)19-28-6-5-15-44-28/h7-14,20-21,27-28,30H,4-6,15,17-19H2,1-3H3/t21-,27+,28?,30?/m0/s1. The van der Waals surface area contributed by atoms with E-state index in [0.29, 0.717) is 11.3 Å². The lowest BCUT2D eigenvalue weighted by atomic mass is 9.92. The van der Waals surface area contributed by atoms with E-state index in [9.17, 15) is 9.65 Å². The number of aryl methyl sites for hydroxylation is 1. The van der Waals surface area contributed by atoms with Crippen LogP contribution in [0.4, 0.5) is 10.2 Å². The van der Waals surface area contributed by atoms with Gasteiger partial charge in [-0.2, -0.15) is 10.2 Å². The summed E-state index contributed by atoms with van der Waals surface area (Å²) in [6.45, 7) is 9.47. The summed E-state index contributed by atoms with van der Waals surface area (Å²) < 4.78 is 24.1. The van der Waals surface area contributed by atoms with E-state index in [0.717, 1.165) is 79.4 Å². The summed E-state index contributed by atoms with van der Waals surface area (Å²) in [7, 11) is 0. The van der Waals surface area contributed by atoms with Crippen molar-refractivity contribution in [1.29, 1.82) is 5.26 Å². The fourth-order valence-corrected chi connectivity index (χ4v) is 6.96. The first-order valence-corrected chi connectivity index (χ1v) is 15.4. The second-order valence-corrected chi connectivity index (χ2v) is 12.0. The van der Waals surface area contributed by atoms with Crippen molar-refractivity contribution in [3.63, 3.8) is 0 Å². The quantitative estimate of drug-likeness (QED) is 0.259. The molecule has 11 heteroatoms. The molecule has 0 spiro atoms. The van der Waals surface area contributed by atoms with E-state index in [4.69, 9.17) is 14.7 Å². The second-order valence-electron chi connectivity index (χ2n) is 12.0. The summed E-state index contributed by atoms with van der Waals surface area (Å²) in [6, 6.07) is 16.9. The minimum atomic E-state index is -0.259. The Morgan fingerprint density at radius 2 is 1.82 bits per heavy atom. The maximum absolute atomic E-state index is 14.0. The molecule has 2 aliphatic rings. The van der Waals surface area contributed by atoms with Gasteiger partial charge in [-0.05, 0) is 68.5 Å². The predicted octanol–water partition coefficient (Wildman–Crippen LogP) is 5.05. The first kappa shape index (κ1) is 28.4. The van der Waals surface area contributed by atoms with Gasteiger partial charge in [0.2, 0.25) is 0 Å². The maximum atomic E-state index is 14.0. The van der Waals surface area contributed by atoms with Gasteiger partial charge in [-0.15, -0.1) is 10.2 Å². The molecule has 0 saturated carbocycles. The lowest BCUT2D eigenvalue weighted by Gasteiger charge is -2.49. The van der Waals surface area contributed by atoms with Crippen LogP contribution in [0, 0.1) is 24.1 Å². The number of piperazine rings is 1.